The lowest BCUT2D eigenvalue weighted by molar-refractivity contribution is -0.137. The third-order valence-electron chi connectivity index (χ3n) is 4.29. The molecule has 2 heterocycles. The number of methoxy groups -OCH3 is 1. The second-order valence-corrected chi connectivity index (χ2v) is 7.45. The molecule has 0 aliphatic carbocycles. The van der Waals surface area contributed by atoms with E-state index in [0.29, 0.717) is 22.4 Å². The molecule has 10 heteroatoms. The molecule has 1 amide bonds. The van der Waals surface area contributed by atoms with Crippen LogP contribution in [0.4, 0.5) is 19.0 Å². The highest BCUT2D eigenvalue weighted by Crippen LogP contribution is 2.31. The van der Waals surface area contributed by atoms with Crippen molar-refractivity contribution in [3.63, 3.8) is 0 Å². The molecule has 4 aromatic rings. The molecule has 0 bridgehead atoms. The Labute approximate surface area is 172 Å². The number of aromatic nitrogens is 3. The first-order valence-electron chi connectivity index (χ1n) is 8.75. The number of ether oxygens (including phenoxy) is 1. The van der Waals surface area contributed by atoms with Crippen LogP contribution in [0, 0.1) is 6.92 Å². The number of nitrogens with one attached hydrogen (secondary N) is 1. The van der Waals surface area contributed by atoms with Gasteiger partial charge >= 0.3 is 6.18 Å². The van der Waals surface area contributed by atoms with Crippen molar-refractivity contribution in [1.29, 1.82) is 0 Å². The number of carbonyl (C=O) groups is 1. The first-order valence-corrected chi connectivity index (χ1v) is 9.56. The van der Waals surface area contributed by atoms with Crippen LogP contribution < -0.4 is 10.1 Å². The van der Waals surface area contributed by atoms with E-state index in [2.05, 4.69) is 15.4 Å². The van der Waals surface area contributed by atoms with Crippen LogP contribution in [-0.4, -0.2) is 27.8 Å². The third-order valence-corrected chi connectivity index (χ3v) is 5.28. The van der Waals surface area contributed by atoms with Gasteiger partial charge in [-0.2, -0.15) is 23.0 Å². The number of carbonyl (C=O) groups excluding carboxylic acids is 1. The fraction of sp³-hybridized carbons (Fsp3) is 0.150. The van der Waals surface area contributed by atoms with Gasteiger partial charge in [-0.15, -0.1) is 0 Å². The summed E-state index contributed by atoms with van der Waals surface area (Å²) in [4.78, 5) is 17.1. The van der Waals surface area contributed by atoms with Crippen molar-refractivity contribution in [1.82, 2.24) is 14.8 Å². The van der Waals surface area contributed by atoms with Crippen LogP contribution in [0.2, 0.25) is 0 Å². The standard InChI is InChI=1S/C20H15F3N4O2S/c1-11-8-17(25-18(28)12-4-3-5-13(9-12)20(21,22)23)27(26-11)19-24-15-7-6-14(29-2)10-16(15)30-19/h3-10H,1-2H3,(H,25,28). The highest BCUT2D eigenvalue weighted by molar-refractivity contribution is 7.20. The number of halogens is 3. The second kappa shape index (κ2) is 7.45. The lowest BCUT2D eigenvalue weighted by Crippen LogP contribution is -2.16. The van der Waals surface area contributed by atoms with Crippen molar-refractivity contribution in [2.45, 2.75) is 13.1 Å². The zero-order chi connectivity index (χ0) is 21.5. The molecule has 1 N–H and O–H groups in total. The van der Waals surface area contributed by atoms with E-state index in [1.54, 1.807) is 26.2 Å². The van der Waals surface area contributed by atoms with Crippen LogP contribution in [0.3, 0.4) is 0 Å². The van der Waals surface area contributed by atoms with Gasteiger partial charge < -0.3 is 10.1 Å². The Morgan fingerprint density at radius 2 is 1.97 bits per heavy atom. The van der Waals surface area contributed by atoms with Crippen LogP contribution in [0.15, 0.2) is 48.5 Å². The molecule has 0 radical (unpaired) electrons. The summed E-state index contributed by atoms with van der Waals surface area (Å²) in [6, 6.07) is 11.3. The largest absolute Gasteiger partial charge is 0.497 e. The molecule has 0 aliphatic rings. The predicted molar refractivity (Wildman–Crippen MR) is 107 cm³/mol. The SMILES string of the molecule is COc1ccc2nc(-n3nc(C)cc3NC(=O)c3cccc(C(F)(F)F)c3)sc2c1. The predicted octanol–water partition coefficient (Wildman–Crippen LogP) is 5.07. The quantitative estimate of drug-likeness (QED) is 0.489. The van der Waals surface area contributed by atoms with E-state index < -0.39 is 17.6 Å². The van der Waals surface area contributed by atoms with Crippen molar-refractivity contribution < 1.29 is 22.7 Å². The molecule has 0 unspecified atom stereocenters. The monoisotopic (exact) mass is 432 g/mol. The van der Waals surface area contributed by atoms with Gasteiger partial charge in [0.2, 0.25) is 5.13 Å². The van der Waals surface area contributed by atoms with Crippen LogP contribution >= 0.6 is 11.3 Å². The minimum Gasteiger partial charge on any atom is -0.497 e. The van der Waals surface area contributed by atoms with Crippen molar-refractivity contribution in [2.75, 3.05) is 12.4 Å². The minimum atomic E-state index is -4.53. The number of fused-ring (bicyclic) bond motifs is 1. The third kappa shape index (κ3) is 3.86. The van der Waals surface area contributed by atoms with Crippen molar-refractivity contribution in [2.24, 2.45) is 0 Å². The number of hydrogen-bond acceptors (Lipinski definition) is 5. The topological polar surface area (TPSA) is 69.0 Å². The second-order valence-electron chi connectivity index (χ2n) is 6.45. The molecular weight excluding hydrogens is 417 g/mol. The van der Waals surface area contributed by atoms with Crippen molar-refractivity contribution in [3.8, 4) is 10.9 Å². The molecule has 154 valence electrons. The van der Waals surface area contributed by atoms with Gasteiger partial charge in [-0.3, -0.25) is 4.79 Å². The summed E-state index contributed by atoms with van der Waals surface area (Å²) in [6.45, 7) is 1.74. The van der Waals surface area contributed by atoms with Gasteiger partial charge in [0, 0.05) is 11.6 Å². The van der Waals surface area contributed by atoms with Gasteiger partial charge in [0.25, 0.3) is 5.91 Å². The Bertz CT molecular complexity index is 1250. The highest BCUT2D eigenvalue weighted by Gasteiger charge is 2.31. The van der Waals surface area contributed by atoms with Crippen LogP contribution in [0.1, 0.15) is 21.6 Å². The summed E-state index contributed by atoms with van der Waals surface area (Å²) >= 11 is 1.35. The van der Waals surface area contributed by atoms with Gasteiger partial charge in [0.05, 0.1) is 28.6 Å². The number of amides is 1. The molecule has 0 spiro atoms. The maximum Gasteiger partial charge on any atom is 0.416 e. The fourth-order valence-electron chi connectivity index (χ4n) is 2.87. The maximum absolute atomic E-state index is 12.9. The average Bonchev–Trinajstić information content (AvgIpc) is 3.29. The molecule has 0 aliphatic heterocycles. The molecule has 6 nitrogen and oxygen atoms in total. The number of hydrogen-bond donors (Lipinski definition) is 1. The van der Waals surface area contributed by atoms with E-state index in [1.807, 2.05) is 12.1 Å². The maximum atomic E-state index is 12.9. The van der Waals surface area contributed by atoms with Crippen LogP contribution in [0.5, 0.6) is 5.75 Å². The van der Waals surface area contributed by atoms with E-state index in [4.69, 9.17) is 4.74 Å². The summed E-state index contributed by atoms with van der Waals surface area (Å²) in [5.74, 6) is 0.318. The van der Waals surface area contributed by atoms with E-state index in [9.17, 15) is 18.0 Å². The fourth-order valence-corrected chi connectivity index (χ4v) is 3.83. The zero-order valence-corrected chi connectivity index (χ0v) is 16.6. The van der Waals surface area contributed by atoms with Crippen molar-refractivity contribution in [3.05, 3.63) is 65.4 Å². The Morgan fingerprint density at radius 1 is 1.17 bits per heavy atom. The highest BCUT2D eigenvalue weighted by atomic mass is 32.1. The van der Waals surface area contributed by atoms with E-state index in [1.165, 1.54) is 28.2 Å². The van der Waals surface area contributed by atoms with Gasteiger partial charge in [0.15, 0.2) is 0 Å². The van der Waals surface area contributed by atoms with Gasteiger partial charge in [-0.25, -0.2) is 4.98 Å². The summed E-state index contributed by atoms with van der Waals surface area (Å²) in [5.41, 5.74) is 0.356. The number of thiazole rings is 1. The van der Waals surface area contributed by atoms with Crippen LogP contribution in [0.25, 0.3) is 15.3 Å². The summed E-state index contributed by atoms with van der Waals surface area (Å²) in [5, 5.41) is 7.49. The lowest BCUT2D eigenvalue weighted by Gasteiger charge is -2.09. The molecule has 2 aromatic heterocycles. The normalized spacial score (nSPS) is 11.6. The molecule has 0 atom stereocenters. The lowest BCUT2D eigenvalue weighted by atomic mass is 10.1. The van der Waals surface area contributed by atoms with Crippen molar-refractivity contribution >= 4 is 33.3 Å². The minimum absolute atomic E-state index is 0.107. The molecule has 30 heavy (non-hydrogen) atoms. The van der Waals surface area contributed by atoms with E-state index in [0.717, 1.165) is 22.3 Å². The molecular formula is C20H15F3N4O2S. The summed E-state index contributed by atoms with van der Waals surface area (Å²) < 4.78 is 46.4. The van der Waals surface area contributed by atoms with Crippen LogP contribution in [-0.2, 0) is 6.18 Å². The summed E-state index contributed by atoms with van der Waals surface area (Å²) in [6.07, 6.45) is -4.53. The number of alkyl halides is 3. The number of benzene rings is 2. The van der Waals surface area contributed by atoms with Gasteiger partial charge in [0.1, 0.15) is 11.6 Å². The first kappa shape index (κ1) is 19.9. The van der Waals surface area contributed by atoms with E-state index >= 15 is 0 Å². The summed E-state index contributed by atoms with van der Waals surface area (Å²) in [7, 11) is 1.57. The van der Waals surface area contributed by atoms with Gasteiger partial charge in [-0.1, -0.05) is 17.4 Å². The Balaban J connectivity index is 1.67. The average molecular weight is 432 g/mol. The molecule has 0 saturated carbocycles. The number of anilines is 1. The Morgan fingerprint density at radius 3 is 2.70 bits per heavy atom. The molecule has 0 saturated heterocycles. The molecule has 0 fully saturated rings. The molecule has 2 aromatic carbocycles. The first-order chi connectivity index (χ1) is 14.2. The van der Waals surface area contributed by atoms with Gasteiger partial charge in [-0.05, 0) is 43.3 Å². The Kier molecular flexibility index (Phi) is 4.94. The number of rotatable bonds is 4. The Hall–Kier alpha value is -3.40. The molecule has 4 rings (SSSR count). The number of nitrogens with zero attached hydrogens (tertiary/aromatic N) is 3. The smallest absolute Gasteiger partial charge is 0.416 e. The zero-order valence-electron chi connectivity index (χ0n) is 15.8. The van der Waals surface area contributed by atoms with E-state index in [-0.39, 0.29) is 5.56 Å². The number of aryl methyl sites for hydroxylation is 1.